The summed E-state index contributed by atoms with van der Waals surface area (Å²) >= 11 is 0. The number of ether oxygens (including phenoxy) is 1. The zero-order chi connectivity index (χ0) is 20.3. The number of anilines is 1. The zero-order valence-electron chi connectivity index (χ0n) is 14.6. The van der Waals surface area contributed by atoms with E-state index < -0.39 is 44.5 Å². The topological polar surface area (TPSA) is 158 Å². The third kappa shape index (κ3) is 3.01. The van der Waals surface area contributed by atoms with Crippen LogP contribution < -0.4 is 11.3 Å². The molecule has 0 amide bonds. The van der Waals surface area contributed by atoms with Crippen LogP contribution in [-0.2, 0) is 13.8 Å². The first kappa shape index (κ1) is 18.6. The molecule has 0 bridgehead atoms. The van der Waals surface area contributed by atoms with Crippen LogP contribution in [0.2, 0.25) is 0 Å². The number of aromatic amines is 1. The number of halogens is 1. The summed E-state index contributed by atoms with van der Waals surface area (Å²) < 4.78 is 31.1. The fourth-order valence-corrected chi connectivity index (χ4v) is 4.32. The van der Waals surface area contributed by atoms with Crippen LogP contribution in [0.3, 0.4) is 0 Å². The van der Waals surface area contributed by atoms with Crippen molar-refractivity contribution >= 4 is 25.7 Å². The average molecular weight is 423 g/mol. The lowest BCUT2D eigenvalue weighted by atomic mass is 10.1. The van der Waals surface area contributed by atoms with Crippen molar-refractivity contribution in [3.05, 3.63) is 40.4 Å². The van der Waals surface area contributed by atoms with Crippen molar-refractivity contribution in [1.82, 2.24) is 19.5 Å². The van der Waals surface area contributed by atoms with Gasteiger partial charge in [0.25, 0.3) is 5.56 Å². The van der Waals surface area contributed by atoms with Crippen LogP contribution in [-0.4, -0.2) is 54.4 Å². The third-order valence-electron chi connectivity index (χ3n) is 4.80. The summed E-state index contributed by atoms with van der Waals surface area (Å²) in [6.45, 7) is 0.0229. The summed E-state index contributed by atoms with van der Waals surface area (Å²) in [5, 5.41) is 10.8. The van der Waals surface area contributed by atoms with Crippen LogP contribution in [0.1, 0.15) is 6.23 Å². The van der Waals surface area contributed by atoms with Gasteiger partial charge in [-0.2, -0.15) is 4.98 Å². The molecule has 0 radical (unpaired) electrons. The molecular formula is C16H15FN5O6P. The van der Waals surface area contributed by atoms with Crippen LogP contribution >= 0.6 is 8.60 Å². The number of nitrogens with one attached hydrogen (secondary N) is 1. The highest BCUT2D eigenvalue weighted by Crippen LogP contribution is 2.47. The highest BCUT2D eigenvalue weighted by Gasteiger charge is 2.50. The van der Waals surface area contributed by atoms with E-state index in [4.69, 9.17) is 19.5 Å². The van der Waals surface area contributed by atoms with Gasteiger partial charge in [0, 0.05) is 5.56 Å². The number of rotatable bonds is 2. The molecule has 2 aliphatic rings. The summed E-state index contributed by atoms with van der Waals surface area (Å²) in [5.74, 6) is -0.363. The molecule has 5 N–H and O–H groups in total. The molecule has 2 unspecified atom stereocenters. The average Bonchev–Trinajstić information content (AvgIpc) is 3.21. The van der Waals surface area contributed by atoms with Gasteiger partial charge < -0.3 is 29.5 Å². The van der Waals surface area contributed by atoms with E-state index in [1.54, 1.807) is 0 Å². The zero-order valence-corrected chi connectivity index (χ0v) is 15.5. The molecule has 29 heavy (non-hydrogen) atoms. The second-order valence-corrected chi connectivity index (χ2v) is 7.54. The van der Waals surface area contributed by atoms with Crippen molar-refractivity contribution in [3.63, 3.8) is 0 Å². The number of imidazole rings is 1. The number of aliphatic hydroxyl groups excluding tert-OH is 1. The van der Waals surface area contributed by atoms with Gasteiger partial charge in [-0.15, -0.1) is 0 Å². The molecule has 3 aromatic rings. The van der Waals surface area contributed by atoms with Gasteiger partial charge >= 0.3 is 8.60 Å². The molecule has 2 fully saturated rings. The molecule has 152 valence electrons. The van der Waals surface area contributed by atoms with Crippen molar-refractivity contribution in [2.45, 2.75) is 24.5 Å². The van der Waals surface area contributed by atoms with Gasteiger partial charge in [-0.25, -0.2) is 9.37 Å². The molecular weight excluding hydrogens is 408 g/mol. The summed E-state index contributed by atoms with van der Waals surface area (Å²) in [6, 6.07) is 5.44. The summed E-state index contributed by atoms with van der Waals surface area (Å²) in [7, 11) is -2.12. The Kier molecular flexibility index (Phi) is 4.35. The Bertz CT molecular complexity index is 1140. The van der Waals surface area contributed by atoms with Gasteiger partial charge in [0.1, 0.15) is 30.0 Å². The van der Waals surface area contributed by atoms with E-state index in [-0.39, 0.29) is 29.5 Å². The Labute approximate surface area is 162 Å². The summed E-state index contributed by atoms with van der Waals surface area (Å²) in [5.41, 5.74) is 5.65. The second kappa shape index (κ2) is 6.80. The predicted octanol–water partition coefficient (Wildman–Crippen LogP) is 0.401. The highest BCUT2D eigenvalue weighted by atomic mass is 31.2. The SMILES string of the molecule is Nc1nc2c(nc(-c3ccc(F)cc3)n2[C@@H]2OC3COP(O)O[C@H]3[C@@H]2O)c(=O)[nH]1. The van der Waals surface area contributed by atoms with Crippen molar-refractivity contribution in [3.8, 4) is 11.4 Å². The number of hydrogen-bond acceptors (Lipinski definition) is 9. The van der Waals surface area contributed by atoms with Crippen LogP contribution in [0.4, 0.5) is 10.3 Å². The largest absolute Gasteiger partial charge is 0.386 e. The van der Waals surface area contributed by atoms with Crippen molar-refractivity contribution in [2.75, 3.05) is 12.3 Å². The number of nitrogen functional groups attached to an aromatic ring is 1. The van der Waals surface area contributed by atoms with Gasteiger partial charge in [-0.3, -0.25) is 14.3 Å². The lowest BCUT2D eigenvalue weighted by molar-refractivity contribution is -0.0581. The maximum atomic E-state index is 13.4. The standard InChI is InChI=1S/C16H15FN5O6P/c17-7-3-1-6(2-4-7)12-19-9-13(20-16(18)21-14(9)24)22(12)15-10(23)11-8(27-15)5-26-29(25)28-11/h1-4,8,10-11,15,23,25H,5H2,(H3,18,20,21,24)/t8?,10-,11+,15+,29?/m0/s1. The molecule has 5 rings (SSSR count). The molecule has 2 aromatic heterocycles. The fourth-order valence-electron chi connectivity index (χ4n) is 3.51. The van der Waals surface area contributed by atoms with Gasteiger partial charge in [0.05, 0.1) is 6.61 Å². The molecule has 2 saturated heterocycles. The minimum atomic E-state index is -2.12. The maximum Gasteiger partial charge on any atom is 0.330 e. The summed E-state index contributed by atoms with van der Waals surface area (Å²) in [6.07, 6.45) is -3.78. The maximum absolute atomic E-state index is 13.4. The van der Waals surface area contributed by atoms with Crippen molar-refractivity contribution in [1.29, 1.82) is 0 Å². The minimum absolute atomic E-state index is 0.0224. The Morgan fingerprint density at radius 3 is 2.83 bits per heavy atom. The van der Waals surface area contributed by atoms with Gasteiger partial charge in [0.15, 0.2) is 17.4 Å². The Hall–Kier alpha value is -2.47. The monoisotopic (exact) mass is 423 g/mol. The molecule has 5 atom stereocenters. The van der Waals surface area contributed by atoms with E-state index >= 15 is 0 Å². The molecule has 4 heterocycles. The molecule has 2 aliphatic heterocycles. The molecule has 11 nitrogen and oxygen atoms in total. The highest BCUT2D eigenvalue weighted by molar-refractivity contribution is 7.40. The number of benzene rings is 1. The first-order chi connectivity index (χ1) is 13.9. The van der Waals surface area contributed by atoms with Crippen LogP contribution in [0.5, 0.6) is 0 Å². The first-order valence-corrected chi connectivity index (χ1v) is 9.71. The Morgan fingerprint density at radius 2 is 2.07 bits per heavy atom. The lowest BCUT2D eigenvalue weighted by Gasteiger charge is -2.27. The first-order valence-electron chi connectivity index (χ1n) is 8.58. The van der Waals surface area contributed by atoms with E-state index in [0.717, 1.165) is 0 Å². The van der Waals surface area contributed by atoms with Gasteiger partial charge in [-0.1, -0.05) is 0 Å². The van der Waals surface area contributed by atoms with Gasteiger partial charge in [0.2, 0.25) is 5.95 Å². The van der Waals surface area contributed by atoms with Crippen LogP contribution in [0.25, 0.3) is 22.6 Å². The van der Waals surface area contributed by atoms with E-state index in [0.29, 0.717) is 5.56 Å². The molecule has 0 aliphatic carbocycles. The van der Waals surface area contributed by atoms with Crippen molar-refractivity contribution < 1.29 is 28.2 Å². The fraction of sp³-hybridized carbons (Fsp3) is 0.312. The molecule has 13 heteroatoms. The van der Waals surface area contributed by atoms with E-state index in [1.807, 2.05) is 0 Å². The minimum Gasteiger partial charge on any atom is -0.386 e. The van der Waals surface area contributed by atoms with E-state index in [1.165, 1.54) is 28.8 Å². The number of nitrogens with zero attached hydrogens (tertiary/aromatic N) is 3. The number of aliphatic hydroxyl groups is 1. The van der Waals surface area contributed by atoms with Gasteiger partial charge in [-0.05, 0) is 24.3 Å². The summed E-state index contributed by atoms with van der Waals surface area (Å²) in [4.78, 5) is 32.8. The second-order valence-electron chi connectivity index (χ2n) is 6.60. The number of H-pyrrole nitrogens is 1. The van der Waals surface area contributed by atoms with Crippen LogP contribution in [0.15, 0.2) is 29.1 Å². The number of aromatic nitrogens is 4. The molecule has 1 aromatic carbocycles. The molecule has 0 saturated carbocycles. The molecule has 0 spiro atoms. The normalized spacial score (nSPS) is 29.3. The van der Waals surface area contributed by atoms with Crippen molar-refractivity contribution in [2.24, 2.45) is 0 Å². The number of hydrogen-bond donors (Lipinski definition) is 4. The van der Waals surface area contributed by atoms with E-state index in [2.05, 4.69) is 15.0 Å². The number of nitrogens with two attached hydrogens (primary N) is 1. The quantitative estimate of drug-likeness (QED) is 0.428. The Morgan fingerprint density at radius 1 is 1.31 bits per heavy atom. The third-order valence-corrected chi connectivity index (χ3v) is 5.59. The smallest absolute Gasteiger partial charge is 0.330 e. The number of fused-ring (bicyclic) bond motifs is 2. The predicted molar refractivity (Wildman–Crippen MR) is 97.8 cm³/mol. The lowest BCUT2D eigenvalue weighted by Crippen LogP contribution is -2.38. The van der Waals surface area contributed by atoms with Crippen LogP contribution in [0, 0.1) is 5.82 Å². The van der Waals surface area contributed by atoms with E-state index in [9.17, 15) is 19.2 Å². The Balaban J connectivity index is 1.70.